The summed E-state index contributed by atoms with van der Waals surface area (Å²) >= 11 is 0. The molecule has 0 aliphatic carbocycles. The summed E-state index contributed by atoms with van der Waals surface area (Å²) in [5, 5.41) is 0. The van der Waals surface area contributed by atoms with Crippen LogP contribution in [0.15, 0.2) is 60.7 Å². The molecular formula is C20H10F8. The van der Waals surface area contributed by atoms with Gasteiger partial charge in [-0.3, -0.25) is 0 Å². The van der Waals surface area contributed by atoms with Crippen molar-refractivity contribution in [1.29, 1.82) is 0 Å². The van der Waals surface area contributed by atoms with Crippen molar-refractivity contribution >= 4 is 0 Å². The van der Waals surface area contributed by atoms with E-state index in [9.17, 15) is 35.1 Å². The molecule has 0 radical (unpaired) electrons. The fourth-order valence-corrected chi connectivity index (χ4v) is 2.70. The Kier molecular flexibility index (Phi) is 4.91. The molecule has 0 saturated carbocycles. The average Bonchev–Trinajstić information content (AvgIpc) is 2.61. The van der Waals surface area contributed by atoms with E-state index in [-0.39, 0.29) is 11.1 Å². The second kappa shape index (κ2) is 6.92. The average molecular weight is 402 g/mol. The Balaban J connectivity index is 1.97. The van der Waals surface area contributed by atoms with Gasteiger partial charge in [0.05, 0.1) is 11.1 Å². The molecule has 0 heterocycles. The summed E-state index contributed by atoms with van der Waals surface area (Å²) in [4.78, 5) is 0. The van der Waals surface area contributed by atoms with E-state index in [0.29, 0.717) is 35.4 Å². The van der Waals surface area contributed by atoms with Crippen LogP contribution in [0.1, 0.15) is 11.1 Å². The van der Waals surface area contributed by atoms with Gasteiger partial charge in [0, 0.05) is 0 Å². The normalized spacial score (nSPS) is 12.3. The summed E-state index contributed by atoms with van der Waals surface area (Å²) in [6.45, 7) is 0. The lowest BCUT2D eigenvalue weighted by molar-refractivity contribution is -0.140. The van der Waals surface area contributed by atoms with Crippen molar-refractivity contribution in [2.45, 2.75) is 12.4 Å². The van der Waals surface area contributed by atoms with Crippen LogP contribution in [0.5, 0.6) is 0 Å². The Morgan fingerprint density at radius 2 is 0.714 bits per heavy atom. The highest BCUT2D eigenvalue weighted by Gasteiger charge is 2.35. The molecule has 3 aromatic rings. The first-order valence-corrected chi connectivity index (χ1v) is 7.81. The Morgan fingerprint density at radius 3 is 1.00 bits per heavy atom. The van der Waals surface area contributed by atoms with Crippen molar-refractivity contribution in [3.05, 3.63) is 83.4 Å². The molecule has 3 aromatic carbocycles. The molecule has 3 rings (SSSR count). The number of rotatable bonds is 2. The number of benzene rings is 3. The van der Waals surface area contributed by atoms with Gasteiger partial charge in [0.25, 0.3) is 0 Å². The van der Waals surface area contributed by atoms with Crippen LogP contribution in [0, 0.1) is 11.6 Å². The van der Waals surface area contributed by atoms with Gasteiger partial charge in [0.2, 0.25) is 0 Å². The maximum absolute atomic E-state index is 13.4. The van der Waals surface area contributed by atoms with Crippen LogP contribution in [-0.4, -0.2) is 0 Å². The van der Waals surface area contributed by atoms with E-state index in [1.54, 1.807) is 0 Å². The third-order valence-electron chi connectivity index (χ3n) is 4.10. The molecule has 0 amide bonds. The standard InChI is InChI=1S/C20H10F8/c21-17-7-5-13(9-15(17)19(23,24)25)11-1-2-12(4-3-11)14-6-8-18(22)16(10-14)20(26,27)28/h1-10H. The Hall–Kier alpha value is -2.90. The number of hydrogen-bond donors (Lipinski definition) is 0. The lowest BCUT2D eigenvalue weighted by atomic mass is 9.98. The molecule has 28 heavy (non-hydrogen) atoms. The first-order chi connectivity index (χ1) is 13.0. The highest BCUT2D eigenvalue weighted by atomic mass is 19.4. The van der Waals surface area contributed by atoms with E-state index >= 15 is 0 Å². The highest BCUT2D eigenvalue weighted by molar-refractivity contribution is 5.71. The monoisotopic (exact) mass is 402 g/mol. The molecule has 0 aliphatic rings. The van der Waals surface area contributed by atoms with Crippen LogP contribution >= 0.6 is 0 Å². The summed E-state index contributed by atoms with van der Waals surface area (Å²) in [5.41, 5.74) is -2.02. The summed E-state index contributed by atoms with van der Waals surface area (Å²) < 4.78 is 104. The lowest BCUT2D eigenvalue weighted by Crippen LogP contribution is -2.08. The molecule has 0 fully saturated rings. The van der Waals surface area contributed by atoms with Gasteiger partial charge < -0.3 is 0 Å². The van der Waals surface area contributed by atoms with E-state index in [4.69, 9.17) is 0 Å². The predicted molar refractivity (Wildman–Crippen MR) is 87.2 cm³/mol. The van der Waals surface area contributed by atoms with Gasteiger partial charge in [0.1, 0.15) is 11.6 Å². The third kappa shape index (κ3) is 4.00. The predicted octanol–water partition coefficient (Wildman–Crippen LogP) is 7.34. The summed E-state index contributed by atoms with van der Waals surface area (Å²) in [6, 6.07) is 10.6. The van der Waals surface area contributed by atoms with Crippen LogP contribution in [0.25, 0.3) is 22.3 Å². The first-order valence-electron chi connectivity index (χ1n) is 7.81. The van der Waals surface area contributed by atoms with E-state index < -0.39 is 35.1 Å². The molecule has 8 heteroatoms. The van der Waals surface area contributed by atoms with Crippen LogP contribution in [0.4, 0.5) is 35.1 Å². The fraction of sp³-hybridized carbons (Fsp3) is 0.100. The third-order valence-corrected chi connectivity index (χ3v) is 4.10. The van der Waals surface area contributed by atoms with Crippen molar-refractivity contribution in [3.63, 3.8) is 0 Å². The number of alkyl halides is 6. The second-order valence-electron chi connectivity index (χ2n) is 5.96. The quantitative estimate of drug-likeness (QED) is 0.394. The van der Waals surface area contributed by atoms with Gasteiger partial charge in [0.15, 0.2) is 0 Å². The van der Waals surface area contributed by atoms with Gasteiger partial charge in [-0.05, 0) is 46.5 Å². The zero-order valence-electron chi connectivity index (χ0n) is 13.8. The SMILES string of the molecule is Fc1ccc(-c2ccc(-c3ccc(F)c(C(F)(F)F)c3)cc2)cc1C(F)(F)F. The van der Waals surface area contributed by atoms with Crippen molar-refractivity contribution in [3.8, 4) is 22.3 Å². The maximum Gasteiger partial charge on any atom is 0.419 e. The highest BCUT2D eigenvalue weighted by Crippen LogP contribution is 2.36. The largest absolute Gasteiger partial charge is 0.419 e. The molecule has 0 spiro atoms. The van der Waals surface area contributed by atoms with Crippen LogP contribution in [0.3, 0.4) is 0 Å². The number of hydrogen-bond acceptors (Lipinski definition) is 0. The summed E-state index contributed by atoms with van der Waals surface area (Å²) in [5.74, 6) is -2.81. The minimum Gasteiger partial charge on any atom is -0.206 e. The molecule has 0 bridgehead atoms. The molecule has 0 atom stereocenters. The topological polar surface area (TPSA) is 0 Å². The summed E-state index contributed by atoms with van der Waals surface area (Å²) in [6.07, 6.45) is -9.72. The lowest BCUT2D eigenvalue weighted by Gasteiger charge is -2.12. The molecule has 0 nitrogen and oxygen atoms in total. The minimum absolute atomic E-state index is 0.0929. The Labute approximate surface area is 154 Å². The number of halogens is 8. The smallest absolute Gasteiger partial charge is 0.206 e. The first kappa shape index (κ1) is 19.9. The van der Waals surface area contributed by atoms with Crippen molar-refractivity contribution in [2.75, 3.05) is 0 Å². The molecule has 0 unspecified atom stereocenters. The Morgan fingerprint density at radius 1 is 0.429 bits per heavy atom. The van der Waals surface area contributed by atoms with Crippen molar-refractivity contribution < 1.29 is 35.1 Å². The van der Waals surface area contributed by atoms with Gasteiger partial charge in [-0.25, -0.2) is 8.78 Å². The van der Waals surface area contributed by atoms with Gasteiger partial charge in [-0.2, -0.15) is 26.3 Å². The van der Waals surface area contributed by atoms with Gasteiger partial charge in [-0.15, -0.1) is 0 Å². The Bertz CT molecular complexity index is 916. The van der Waals surface area contributed by atoms with Crippen LogP contribution < -0.4 is 0 Å². The van der Waals surface area contributed by atoms with Crippen LogP contribution in [0.2, 0.25) is 0 Å². The molecule has 146 valence electrons. The molecule has 0 aliphatic heterocycles. The van der Waals surface area contributed by atoms with Crippen LogP contribution in [-0.2, 0) is 12.4 Å². The molecule has 0 saturated heterocycles. The second-order valence-corrected chi connectivity index (χ2v) is 5.96. The summed E-state index contributed by atoms with van der Waals surface area (Å²) in [7, 11) is 0. The molecule has 0 aromatic heterocycles. The van der Waals surface area contributed by atoms with E-state index in [1.807, 2.05) is 0 Å². The van der Waals surface area contributed by atoms with Crippen molar-refractivity contribution in [1.82, 2.24) is 0 Å². The zero-order chi connectivity index (χ0) is 20.7. The van der Waals surface area contributed by atoms with E-state index in [1.165, 1.54) is 36.4 Å². The minimum atomic E-state index is -4.86. The van der Waals surface area contributed by atoms with Gasteiger partial charge in [-0.1, -0.05) is 36.4 Å². The van der Waals surface area contributed by atoms with E-state index in [2.05, 4.69) is 0 Å². The fourth-order valence-electron chi connectivity index (χ4n) is 2.70. The molecular weight excluding hydrogens is 392 g/mol. The zero-order valence-corrected chi connectivity index (χ0v) is 13.8. The maximum atomic E-state index is 13.4. The van der Waals surface area contributed by atoms with Gasteiger partial charge >= 0.3 is 12.4 Å². The van der Waals surface area contributed by atoms with Crippen molar-refractivity contribution in [2.24, 2.45) is 0 Å². The van der Waals surface area contributed by atoms with E-state index in [0.717, 1.165) is 0 Å². The molecule has 0 N–H and O–H groups in total.